The molecule has 0 spiro atoms. The number of ether oxygens (including phenoxy) is 1. The second-order valence-electron chi connectivity index (χ2n) is 5.31. The van der Waals surface area contributed by atoms with Gasteiger partial charge >= 0.3 is 0 Å². The van der Waals surface area contributed by atoms with Crippen LogP contribution in [0.25, 0.3) is 0 Å². The van der Waals surface area contributed by atoms with Crippen LogP contribution in [0.5, 0.6) is 5.75 Å². The number of benzene rings is 1. The zero-order valence-electron chi connectivity index (χ0n) is 12.2. The fourth-order valence-electron chi connectivity index (χ4n) is 2.82. The largest absolute Gasteiger partial charge is 0.495 e. The van der Waals surface area contributed by atoms with Crippen molar-refractivity contribution in [2.24, 2.45) is 0 Å². The van der Waals surface area contributed by atoms with Crippen LogP contribution in [0.4, 0.5) is 5.69 Å². The summed E-state index contributed by atoms with van der Waals surface area (Å²) in [7, 11) is 1.73. The summed E-state index contributed by atoms with van der Waals surface area (Å²) in [6.07, 6.45) is 5.01. The van der Waals surface area contributed by atoms with E-state index in [1.165, 1.54) is 45.3 Å². The number of anilines is 1. The van der Waals surface area contributed by atoms with Crippen molar-refractivity contribution in [3.8, 4) is 5.75 Å². The number of hydrogen-bond acceptors (Lipinski definition) is 3. The molecule has 1 fully saturated rings. The van der Waals surface area contributed by atoms with Crippen LogP contribution in [0.3, 0.4) is 0 Å². The maximum atomic E-state index is 5.40. The van der Waals surface area contributed by atoms with Gasteiger partial charge in [0.15, 0.2) is 0 Å². The minimum atomic E-state index is 0.568. The van der Waals surface area contributed by atoms with Crippen LogP contribution < -0.4 is 10.1 Å². The van der Waals surface area contributed by atoms with Gasteiger partial charge in [-0.05, 0) is 50.9 Å². The fourth-order valence-corrected chi connectivity index (χ4v) is 2.82. The molecule has 1 aromatic carbocycles. The Hall–Kier alpha value is -1.22. The van der Waals surface area contributed by atoms with Crippen LogP contribution in [0.1, 0.15) is 32.6 Å². The molecule has 0 aliphatic carbocycles. The molecule has 0 aromatic heterocycles. The molecule has 1 unspecified atom stereocenters. The maximum Gasteiger partial charge on any atom is 0.141 e. The van der Waals surface area contributed by atoms with Gasteiger partial charge in [-0.25, -0.2) is 0 Å². The van der Waals surface area contributed by atoms with Crippen molar-refractivity contribution < 1.29 is 4.74 Å². The van der Waals surface area contributed by atoms with Gasteiger partial charge in [-0.1, -0.05) is 19.1 Å². The van der Waals surface area contributed by atoms with Crippen molar-refractivity contribution in [3.05, 3.63) is 24.3 Å². The SMILES string of the molecule is CCCN1CCCC(Nc2ccccc2OC)CC1. The molecule has 1 saturated heterocycles. The Balaban J connectivity index is 1.92. The van der Waals surface area contributed by atoms with Gasteiger partial charge in [0.2, 0.25) is 0 Å². The second kappa shape index (κ2) is 7.39. The highest BCUT2D eigenvalue weighted by atomic mass is 16.5. The third-order valence-corrected chi connectivity index (χ3v) is 3.83. The molecule has 3 heteroatoms. The van der Waals surface area contributed by atoms with Gasteiger partial charge in [0.25, 0.3) is 0 Å². The number of hydrogen-bond donors (Lipinski definition) is 1. The molecule has 19 heavy (non-hydrogen) atoms. The van der Waals surface area contributed by atoms with Crippen LogP contribution in [-0.2, 0) is 0 Å². The van der Waals surface area contributed by atoms with E-state index in [0.717, 1.165) is 11.4 Å². The third kappa shape index (κ3) is 4.13. The molecule has 0 bridgehead atoms. The van der Waals surface area contributed by atoms with Crippen molar-refractivity contribution >= 4 is 5.69 Å². The summed E-state index contributed by atoms with van der Waals surface area (Å²) >= 11 is 0. The topological polar surface area (TPSA) is 24.5 Å². The van der Waals surface area contributed by atoms with E-state index >= 15 is 0 Å². The predicted molar refractivity (Wildman–Crippen MR) is 81.0 cm³/mol. The fraction of sp³-hybridized carbons (Fsp3) is 0.625. The Morgan fingerprint density at radius 2 is 2.11 bits per heavy atom. The van der Waals surface area contributed by atoms with Crippen LogP contribution in [0.15, 0.2) is 24.3 Å². The minimum Gasteiger partial charge on any atom is -0.495 e. The van der Waals surface area contributed by atoms with E-state index < -0.39 is 0 Å². The van der Waals surface area contributed by atoms with E-state index in [4.69, 9.17) is 4.74 Å². The van der Waals surface area contributed by atoms with Gasteiger partial charge in [0, 0.05) is 12.6 Å². The number of nitrogens with one attached hydrogen (secondary N) is 1. The van der Waals surface area contributed by atoms with Crippen LogP contribution in [0.2, 0.25) is 0 Å². The number of likely N-dealkylation sites (tertiary alicyclic amines) is 1. The Morgan fingerprint density at radius 1 is 1.26 bits per heavy atom. The van der Waals surface area contributed by atoms with Gasteiger partial charge in [-0.3, -0.25) is 0 Å². The van der Waals surface area contributed by atoms with E-state index in [1.807, 2.05) is 12.1 Å². The van der Waals surface area contributed by atoms with Gasteiger partial charge < -0.3 is 15.0 Å². The van der Waals surface area contributed by atoms with Crippen LogP contribution in [0, 0.1) is 0 Å². The second-order valence-corrected chi connectivity index (χ2v) is 5.31. The summed E-state index contributed by atoms with van der Waals surface area (Å²) in [5.74, 6) is 0.942. The molecule has 106 valence electrons. The highest BCUT2D eigenvalue weighted by Crippen LogP contribution is 2.26. The van der Waals surface area contributed by atoms with E-state index in [0.29, 0.717) is 6.04 Å². The lowest BCUT2D eigenvalue weighted by atomic mass is 10.1. The summed E-state index contributed by atoms with van der Waals surface area (Å²) < 4.78 is 5.40. The molecule has 1 aromatic rings. The van der Waals surface area contributed by atoms with Gasteiger partial charge in [-0.15, -0.1) is 0 Å². The molecule has 3 nitrogen and oxygen atoms in total. The monoisotopic (exact) mass is 262 g/mol. The lowest BCUT2D eigenvalue weighted by Crippen LogP contribution is -2.27. The smallest absolute Gasteiger partial charge is 0.141 e. The van der Waals surface area contributed by atoms with E-state index in [-0.39, 0.29) is 0 Å². The highest BCUT2D eigenvalue weighted by Gasteiger charge is 2.17. The highest BCUT2D eigenvalue weighted by molar-refractivity contribution is 5.56. The summed E-state index contributed by atoms with van der Waals surface area (Å²) in [6, 6.07) is 8.76. The average Bonchev–Trinajstić information content (AvgIpc) is 2.66. The summed E-state index contributed by atoms with van der Waals surface area (Å²) in [4.78, 5) is 2.59. The molecular formula is C16H26N2O. The first kappa shape index (κ1) is 14.2. The third-order valence-electron chi connectivity index (χ3n) is 3.83. The van der Waals surface area contributed by atoms with Crippen molar-refractivity contribution in [2.45, 2.75) is 38.6 Å². The van der Waals surface area contributed by atoms with E-state index in [9.17, 15) is 0 Å². The number of rotatable bonds is 5. The summed E-state index contributed by atoms with van der Waals surface area (Å²) in [6.45, 7) is 5.95. The summed E-state index contributed by atoms with van der Waals surface area (Å²) in [5, 5.41) is 3.65. The first-order chi connectivity index (χ1) is 9.33. The Morgan fingerprint density at radius 3 is 2.89 bits per heavy atom. The number of methoxy groups -OCH3 is 1. The Kier molecular flexibility index (Phi) is 5.52. The molecule has 1 aliphatic rings. The molecule has 2 rings (SSSR count). The number of para-hydroxylation sites is 2. The first-order valence-electron chi connectivity index (χ1n) is 7.45. The molecule has 1 atom stereocenters. The molecule has 0 amide bonds. The van der Waals surface area contributed by atoms with E-state index in [1.54, 1.807) is 7.11 Å². The van der Waals surface area contributed by atoms with Crippen molar-refractivity contribution in [2.75, 3.05) is 32.1 Å². The van der Waals surface area contributed by atoms with Crippen molar-refractivity contribution in [1.29, 1.82) is 0 Å². The van der Waals surface area contributed by atoms with Gasteiger partial charge in [0.1, 0.15) is 5.75 Å². The Labute approximate surface area is 116 Å². The normalized spacial score (nSPS) is 20.8. The molecule has 0 radical (unpaired) electrons. The molecular weight excluding hydrogens is 236 g/mol. The molecule has 1 aliphatic heterocycles. The van der Waals surface area contributed by atoms with Crippen molar-refractivity contribution in [3.63, 3.8) is 0 Å². The molecule has 1 N–H and O–H groups in total. The lowest BCUT2D eigenvalue weighted by Gasteiger charge is -2.21. The lowest BCUT2D eigenvalue weighted by molar-refractivity contribution is 0.285. The van der Waals surface area contributed by atoms with Gasteiger partial charge in [0.05, 0.1) is 12.8 Å². The standard InChI is InChI=1S/C16H26N2O/c1-3-11-18-12-6-7-14(10-13-18)17-15-8-4-5-9-16(15)19-2/h4-5,8-9,14,17H,3,6-7,10-13H2,1-2H3. The Bertz CT molecular complexity index is 381. The van der Waals surface area contributed by atoms with E-state index in [2.05, 4.69) is 29.3 Å². The number of nitrogens with zero attached hydrogens (tertiary/aromatic N) is 1. The van der Waals surface area contributed by atoms with Gasteiger partial charge in [-0.2, -0.15) is 0 Å². The quantitative estimate of drug-likeness (QED) is 0.880. The zero-order valence-corrected chi connectivity index (χ0v) is 12.2. The van der Waals surface area contributed by atoms with Crippen molar-refractivity contribution in [1.82, 2.24) is 4.90 Å². The van der Waals surface area contributed by atoms with Crippen LogP contribution in [-0.4, -0.2) is 37.7 Å². The van der Waals surface area contributed by atoms with Crippen LogP contribution >= 0.6 is 0 Å². The first-order valence-corrected chi connectivity index (χ1v) is 7.45. The summed E-state index contributed by atoms with van der Waals surface area (Å²) in [5.41, 5.74) is 1.12. The zero-order chi connectivity index (χ0) is 13.5. The molecule has 1 heterocycles. The predicted octanol–water partition coefficient (Wildman–Crippen LogP) is 3.37. The average molecular weight is 262 g/mol. The minimum absolute atomic E-state index is 0.568. The molecule has 0 saturated carbocycles. The maximum absolute atomic E-state index is 5.40.